The minimum Gasteiger partial charge on any atom is -0.481 e. The number of carboxylic acid groups (broad SMARTS) is 1. The number of nitrogens with one attached hydrogen (secondary N) is 1. The molecule has 5 nitrogen and oxygen atoms in total. The highest BCUT2D eigenvalue weighted by molar-refractivity contribution is 7.35. The minimum atomic E-state index is -1.68. The van der Waals surface area contributed by atoms with E-state index in [2.05, 4.69) is 6.92 Å². The predicted molar refractivity (Wildman–Crippen MR) is 96.6 cm³/mol. The van der Waals surface area contributed by atoms with Crippen molar-refractivity contribution in [3.63, 3.8) is 0 Å². The lowest BCUT2D eigenvalue weighted by molar-refractivity contribution is -0.136. The number of aliphatic carboxylic acids is 1. The van der Waals surface area contributed by atoms with E-state index in [0.29, 0.717) is 17.9 Å². The van der Waals surface area contributed by atoms with Crippen LogP contribution in [-0.4, -0.2) is 17.7 Å². The molecule has 0 saturated heterocycles. The summed E-state index contributed by atoms with van der Waals surface area (Å²) in [5, 5.41) is 16.5. The van der Waals surface area contributed by atoms with Gasteiger partial charge in [0.05, 0.1) is 6.42 Å². The maximum absolute atomic E-state index is 10.6. The summed E-state index contributed by atoms with van der Waals surface area (Å²) in [5.41, 5.74) is 0.712. The zero-order valence-electron chi connectivity index (χ0n) is 14.5. The van der Waals surface area contributed by atoms with Gasteiger partial charge in [-0.3, -0.25) is 4.79 Å². The molecule has 2 N–H and O–H groups in total. The SMILES string of the molecule is CCCCCCCCCCO[P+](=N)Oc1ccc(CC(=O)O)cc1. The molecule has 6 heteroatoms. The summed E-state index contributed by atoms with van der Waals surface area (Å²) in [7, 11) is -1.68. The number of unbranched alkanes of at least 4 members (excludes halogenated alkanes) is 7. The van der Waals surface area contributed by atoms with Crippen LogP contribution in [0.2, 0.25) is 0 Å². The molecule has 0 aromatic heterocycles. The predicted octanol–water partition coefficient (Wildman–Crippen LogP) is 5.92. The van der Waals surface area contributed by atoms with Crippen LogP contribution < -0.4 is 4.52 Å². The summed E-state index contributed by atoms with van der Waals surface area (Å²) in [4.78, 5) is 10.6. The van der Waals surface area contributed by atoms with Crippen LogP contribution >= 0.6 is 8.17 Å². The van der Waals surface area contributed by atoms with Gasteiger partial charge < -0.3 is 5.11 Å². The lowest BCUT2D eigenvalue weighted by Gasteiger charge is -2.00. The van der Waals surface area contributed by atoms with Crippen LogP contribution in [0.25, 0.3) is 0 Å². The number of hydrogen-bond donors (Lipinski definition) is 2. The molecule has 1 atom stereocenters. The average molecular weight is 354 g/mol. The first-order chi connectivity index (χ1) is 11.6. The fourth-order valence-electron chi connectivity index (χ4n) is 2.35. The maximum atomic E-state index is 10.6. The third-order valence-electron chi connectivity index (χ3n) is 3.67. The molecular formula is C18H29NO4P+. The first-order valence-electron chi connectivity index (χ1n) is 8.74. The Kier molecular flexibility index (Phi) is 11.1. The number of benzene rings is 1. The van der Waals surface area contributed by atoms with Crippen molar-refractivity contribution in [1.82, 2.24) is 0 Å². The molecular weight excluding hydrogens is 325 g/mol. The molecule has 0 saturated carbocycles. The molecule has 0 heterocycles. The van der Waals surface area contributed by atoms with Crippen molar-refractivity contribution in [3.8, 4) is 5.75 Å². The van der Waals surface area contributed by atoms with Gasteiger partial charge in [0.15, 0.2) is 5.75 Å². The Hall–Kier alpha value is -1.45. The zero-order valence-corrected chi connectivity index (χ0v) is 15.4. The number of carbonyl (C=O) groups is 1. The smallest absolute Gasteiger partial charge is 0.481 e. The Morgan fingerprint density at radius 1 is 1.04 bits per heavy atom. The highest BCUT2D eigenvalue weighted by atomic mass is 31.1. The van der Waals surface area contributed by atoms with E-state index in [9.17, 15) is 4.79 Å². The van der Waals surface area contributed by atoms with Crippen LogP contribution in [0.15, 0.2) is 24.3 Å². The fourth-order valence-corrected chi connectivity index (χ4v) is 3.01. The first kappa shape index (κ1) is 20.6. The van der Waals surface area contributed by atoms with Crippen molar-refractivity contribution < 1.29 is 18.9 Å². The van der Waals surface area contributed by atoms with Gasteiger partial charge in [-0.15, -0.1) is 4.52 Å². The van der Waals surface area contributed by atoms with Gasteiger partial charge in [0.25, 0.3) is 0 Å². The van der Waals surface area contributed by atoms with Crippen LogP contribution in [-0.2, 0) is 15.7 Å². The second-order valence-corrected chi connectivity index (χ2v) is 6.83. The molecule has 1 unspecified atom stereocenters. The van der Waals surface area contributed by atoms with Crippen molar-refractivity contribution >= 4 is 14.1 Å². The molecule has 1 aromatic carbocycles. The molecule has 0 radical (unpaired) electrons. The Morgan fingerprint density at radius 3 is 2.21 bits per heavy atom. The molecule has 0 fully saturated rings. The Balaban J connectivity index is 2.08. The second kappa shape index (κ2) is 12.9. The van der Waals surface area contributed by atoms with Crippen LogP contribution in [0.1, 0.15) is 63.9 Å². The van der Waals surface area contributed by atoms with E-state index >= 15 is 0 Å². The van der Waals surface area contributed by atoms with Gasteiger partial charge in [-0.1, -0.05) is 69.2 Å². The van der Waals surface area contributed by atoms with Crippen molar-refractivity contribution in [1.29, 1.82) is 5.16 Å². The quantitative estimate of drug-likeness (QED) is 0.321. The van der Waals surface area contributed by atoms with Crippen molar-refractivity contribution in [2.75, 3.05) is 6.61 Å². The Morgan fingerprint density at radius 2 is 1.62 bits per heavy atom. The number of carboxylic acids is 1. The normalized spacial score (nSPS) is 11.3. The van der Waals surface area contributed by atoms with Crippen LogP contribution in [0.5, 0.6) is 5.75 Å². The average Bonchev–Trinajstić information content (AvgIpc) is 2.55. The third kappa shape index (κ3) is 10.3. The molecule has 0 bridgehead atoms. The zero-order chi connectivity index (χ0) is 17.6. The van der Waals surface area contributed by atoms with E-state index < -0.39 is 14.1 Å². The van der Waals surface area contributed by atoms with E-state index in [1.54, 1.807) is 24.3 Å². The van der Waals surface area contributed by atoms with E-state index in [1.807, 2.05) is 0 Å². The van der Waals surface area contributed by atoms with Gasteiger partial charge in [-0.2, -0.15) is 0 Å². The van der Waals surface area contributed by atoms with Crippen molar-refractivity contribution in [2.45, 2.75) is 64.7 Å². The largest absolute Gasteiger partial charge is 0.610 e. The highest BCUT2D eigenvalue weighted by Crippen LogP contribution is 2.29. The van der Waals surface area contributed by atoms with Crippen LogP contribution in [0.4, 0.5) is 0 Å². The standard InChI is InChI=1S/C18H28NO4P/c1-2-3-4-5-6-7-8-9-14-22-24(19)23-17-12-10-16(11-13-17)15-18(20)21/h10-13,19H,2-9,14-15H2,1H3/p+1. The lowest BCUT2D eigenvalue weighted by Crippen LogP contribution is -1.99. The maximum Gasteiger partial charge on any atom is 0.610 e. The monoisotopic (exact) mass is 354 g/mol. The van der Waals surface area contributed by atoms with Gasteiger partial charge in [0.1, 0.15) is 6.61 Å². The fraction of sp³-hybridized carbons (Fsp3) is 0.611. The van der Waals surface area contributed by atoms with Crippen LogP contribution in [0.3, 0.4) is 0 Å². The van der Waals surface area contributed by atoms with Gasteiger partial charge in [0, 0.05) is 0 Å². The summed E-state index contributed by atoms with van der Waals surface area (Å²) < 4.78 is 10.8. The molecule has 0 amide bonds. The van der Waals surface area contributed by atoms with Crippen LogP contribution in [0, 0.1) is 5.16 Å². The van der Waals surface area contributed by atoms with Crippen molar-refractivity contribution in [3.05, 3.63) is 29.8 Å². The van der Waals surface area contributed by atoms with E-state index in [1.165, 1.54) is 38.5 Å². The minimum absolute atomic E-state index is 0.00907. The summed E-state index contributed by atoms with van der Waals surface area (Å²) in [6.45, 7) is 2.78. The van der Waals surface area contributed by atoms with Gasteiger partial charge in [-0.05, 0) is 24.1 Å². The third-order valence-corrected chi connectivity index (χ3v) is 4.47. The Bertz CT molecular complexity index is 490. The highest BCUT2D eigenvalue weighted by Gasteiger charge is 2.15. The van der Waals surface area contributed by atoms with Gasteiger partial charge in [-0.25, -0.2) is 4.52 Å². The molecule has 0 spiro atoms. The molecule has 1 rings (SSSR count). The number of hydrogen-bond acceptors (Lipinski definition) is 4. The molecule has 0 aliphatic heterocycles. The summed E-state index contributed by atoms with van der Waals surface area (Å²) >= 11 is 0. The first-order valence-corrected chi connectivity index (χ1v) is 9.92. The van der Waals surface area contributed by atoms with Gasteiger partial charge >= 0.3 is 14.1 Å². The topological polar surface area (TPSA) is 79.6 Å². The van der Waals surface area contributed by atoms with E-state index in [-0.39, 0.29) is 6.42 Å². The molecule has 134 valence electrons. The second-order valence-electron chi connectivity index (χ2n) is 5.87. The molecule has 24 heavy (non-hydrogen) atoms. The van der Waals surface area contributed by atoms with Gasteiger partial charge in [0.2, 0.25) is 0 Å². The molecule has 0 aliphatic rings. The van der Waals surface area contributed by atoms with E-state index in [0.717, 1.165) is 12.8 Å². The van der Waals surface area contributed by atoms with Crippen molar-refractivity contribution in [2.24, 2.45) is 0 Å². The lowest BCUT2D eigenvalue weighted by atomic mass is 10.1. The summed E-state index contributed by atoms with van der Waals surface area (Å²) in [5.74, 6) is -0.318. The molecule has 1 aromatic rings. The Labute approximate surface area is 145 Å². The summed E-state index contributed by atoms with van der Waals surface area (Å²) in [6.07, 6.45) is 9.88. The van der Waals surface area contributed by atoms with E-state index in [4.69, 9.17) is 19.3 Å². The number of rotatable bonds is 14. The molecule has 0 aliphatic carbocycles. The summed E-state index contributed by atoms with van der Waals surface area (Å²) in [6, 6.07) is 6.76.